The molecule has 2 aliphatic heterocycles. The molecule has 2 atom stereocenters. The van der Waals surface area contributed by atoms with Crippen molar-refractivity contribution in [2.45, 2.75) is 19.8 Å². The minimum Gasteiger partial charge on any atom is -0.271 e. The molecule has 3 aromatic carbocycles. The molecule has 1 fully saturated rings. The Balaban J connectivity index is 1.53. The van der Waals surface area contributed by atoms with Crippen molar-refractivity contribution in [3.05, 3.63) is 92.4 Å². The molecule has 186 valence electrons. The fraction of sp³-hybridized carbons (Fsp3) is 0.185. The van der Waals surface area contributed by atoms with Crippen molar-refractivity contribution in [2.24, 2.45) is 21.0 Å². The number of amides is 2. The molecule has 0 aromatic heterocycles. The van der Waals surface area contributed by atoms with Crippen LogP contribution in [0.3, 0.4) is 0 Å². The van der Waals surface area contributed by atoms with Crippen molar-refractivity contribution in [2.75, 3.05) is 10.0 Å². The minimum atomic E-state index is -1.31. The molecule has 37 heavy (non-hydrogen) atoms. The summed E-state index contributed by atoms with van der Waals surface area (Å²) in [6, 6.07) is 18.7. The Kier molecular flexibility index (Phi) is 5.48. The van der Waals surface area contributed by atoms with Crippen LogP contribution in [-0.4, -0.2) is 23.2 Å². The third-order valence-corrected chi connectivity index (χ3v) is 8.59. The molecule has 2 heterocycles. The van der Waals surface area contributed by atoms with E-state index in [1.807, 2.05) is 0 Å². The number of anilines is 2. The zero-order valence-electron chi connectivity index (χ0n) is 19.5. The number of fused-ring (bicyclic) bond motifs is 1. The molecular weight excluding hydrogens is 554 g/mol. The number of carbonyl (C=O) groups is 2. The lowest BCUT2D eigenvalue weighted by Crippen LogP contribution is -2.40. The van der Waals surface area contributed by atoms with Gasteiger partial charge in [0, 0.05) is 26.0 Å². The largest absolute Gasteiger partial charge is 0.271 e. The third-order valence-electron chi connectivity index (χ3n) is 7.52. The van der Waals surface area contributed by atoms with Crippen molar-refractivity contribution < 1.29 is 9.59 Å². The van der Waals surface area contributed by atoms with Gasteiger partial charge >= 0.3 is 0 Å². The normalized spacial score (nSPS) is 26.4. The van der Waals surface area contributed by atoms with Crippen LogP contribution in [0.15, 0.2) is 76.9 Å². The van der Waals surface area contributed by atoms with Gasteiger partial charge in [-0.2, -0.15) is 20.2 Å². The Morgan fingerprint density at radius 3 is 1.46 bits per heavy atom. The van der Waals surface area contributed by atoms with Crippen LogP contribution >= 0.6 is 46.4 Å². The van der Waals surface area contributed by atoms with E-state index in [-0.39, 0.29) is 11.8 Å². The second-order valence-corrected chi connectivity index (χ2v) is 11.0. The maximum atomic E-state index is 14.4. The summed E-state index contributed by atoms with van der Waals surface area (Å²) in [5.74, 6) is -1.29. The number of hydrogen-bond acceptors (Lipinski definition) is 4. The molecule has 0 bridgehead atoms. The van der Waals surface area contributed by atoms with Crippen LogP contribution in [-0.2, 0) is 9.59 Å². The fourth-order valence-electron chi connectivity index (χ4n) is 5.96. The molecule has 1 aliphatic carbocycles. The van der Waals surface area contributed by atoms with Crippen LogP contribution in [0.5, 0.6) is 0 Å². The number of nitrogens with zero attached hydrogens (tertiary/aromatic N) is 4. The summed E-state index contributed by atoms with van der Waals surface area (Å²) in [5, 5.41) is 13.9. The standard InChI is InChI=1S/C27H18Cl4N4O2/c1-14-26(24(36)34(32-14)19-8-3-16(28)4-9-19)23(21-12-7-18(30)13-22(21)31)27(26)15(2)33-35(25(27)37)20-10-5-17(29)6-11-20/h3-13,23H,1-2H3/t26-,27-/m0/s1. The van der Waals surface area contributed by atoms with Crippen LogP contribution in [0.25, 0.3) is 0 Å². The van der Waals surface area contributed by atoms with Crippen molar-refractivity contribution >= 4 is 81.0 Å². The van der Waals surface area contributed by atoms with E-state index >= 15 is 0 Å². The summed E-state index contributed by atoms with van der Waals surface area (Å²) < 4.78 is 0. The van der Waals surface area contributed by atoms with Gasteiger partial charge in [-0.3, -0.25) is 9.59 Å². The van der Waals surface area contributed by atoms with E-state index in [1.165, 1.54) is 10.0 Å². The first-order valence-corrected chi connectivity index (χ1v) is 12.9. The average molecular weight is 572 g/mol. The lowest BCUT2D eigenvalue weighted by molar-refractivity contribution is -0.126. The fourth-order valence-corrected chi connectivity index (χ4v) is 6.73. The Morgan fingerprint density at radius 2 is 1.05 bits per heavy atom. The molecule has 6 rings (SSSR count). The van der Waals surface area contributed by atoms with Crippen molar-refractivity contribution in [3.8, 4) is 0 Å². The highest BCUT2D eigenvalue weighted by atomic mass is 35.5. The van der Waals surface area contributed by atoms with Gasteiger partial charge in [0.15, 0.2) is 0 Å². The number of carbonyl (C=O) groups excluding carboxylic acids is 2. The zero-order chi connectivity index (χ0) is 26.3. The molecule has 3 aliphatic rings. The highest BCUT2D eigenvalue weighted by molar-refractivity contribution is 6.39. The van der Waals surface area contributed by atoms with Crippen molar-refractivity contribution in [3.63, 3.8) is 0 Å². The van der Waals surface area contributed by atoms with Gasteiger partial charge in [0.05, 0.1) is 22.8 Å². The number of hydrogen-bond donors (Lipinski definition) is 0. The second-order valence-electron chi connectivity index (χ2n) is 9.27. The van der Waals surface area contributed by atoms with Gasteiger partial charge in [-0.25, -0.2) is 0 Å². The first-order valence-electron chi connectivity index (χ1n) is 11.4. The SMILES string of the molecule is CC1=NN(c2ccc(Cl)cc2)C(=O)[C@@]12C(c1ccc(Cl)cc1Cl)[C@@]21C(=O)N(c2ccc(Cl)cc2)N=C1C. The van der Waals surface area contributed by atoms with Crippen molar-refractivity contribution in [1.29, 1.82) is 0 Å². The molecule has 1 saturated carbocycles. The minimum absolute atomic E-state index is 0.329. The van der Waals surface area contributed by atoms with Gasteiger partial charge < -0.3 is 0 Å². The number of benzene rings is 3. The molecule has 2 spiro atoms. The Labute approximate surface area is 233 Å². The first-order chi connectivity index (χ1) is 17.6. The highest BCUT2D eigenvalue weighted by Gasteiger charge is 2.91. The van der Waals surface area contributed by atoms with Gasteiger partial charge in [-0.05, 0) is 80.1 Å². The Hall–Kier alpha value is -2.90. The van der Waals surface area contributed by atoms with Crippen LogP contribution in [0, 0.1) is 10.8 Å². The summed E-state index contributed by atoms with van der Waals surface area (Å²) in [6.45, 7) is 3.54. The molecular formula is C27H18Cl4N4O2. The Bertz CT molecular complexity index is 1460. The van der Waals surface area contributed by atoms with E-state index < -0.39 is 16.7 Å². The first kappa shape index (κ1) is 24.4. The molecule has 0 saturated heterocycles. The topological polar surface area (TPSA) is 65.3 Å². The van der Waals surface area contributed by atoms with E-state index in [9.17, 15) is 9.59 Å². The van der Waals surface area contributed by atoms with Gasteiger partial charge in [-0.15, -0.1) is 0 Å². The van der Waals surface area contributed by atoms with Crippen LogP contribution in [0.1, 0.15) is 25.3 Å². The van der Waals surface area contributed by atoms with Gasteiger partial charge in [0.25, 0.3) is 11.8 Å². The molecule has 10 heteroatoms. The van der Waals surface area contributed by atoms with Gasteiger partial charge in [-0.1, -0.05) is 52.5 Å². The molecule has 3 aromatic rings. The summed E-state index contributed by atoms with van der Waals surface area (Å²) >= 11 is 25.0. The van der Waals surface area contributed by atoms with Crippen LogP contribution < -0.4 is 10.0 Å². The lowest BCUT2D eigenvalue weighted by Gasteiger charge is -2.19. The number of rotatable bonds is 3. The summed E-state index contributed by atoms with van der Waals surface area (Å²) in [4.78, 5) is 28.7. The van der Waals surface area contributed by atoms with Crippen molar-refractivity contribution in [1.82, 2.24) is 0 Å². The lowest BCUT2D eigenvalue weighted by atomic mass is 9.85. The predicted molar refractivity (Wildman–Crippen MR) is 148 cm³/mol. The molecule has 0 N–H and O–H groups in total. The van der Waals surface area contributed by atoms with E-state index in [2.05, 4.69) is 10.2 Å². The highest BCUT2D eigenvalue weighted by Crippen LogP contribution is 2.79. The van der Waals surface area contributed by atoms with Crippen LogP contribution in [0.2, 0.25) is 20.1 Å². The number of halogens is 4. The van der Waals surface area contributed by atoms with E-state index in [1.54, 1.807) is 80.6 Å². The molecule has 2 amide bonds. The quantitative estimate of drug-likeness (QED) is 0.333. The molecule has 6 nitrogen and oxygen atoms in total. The van der Waals surface area contributed by atoms with Gasteiger partial charge in [0.2, 0.25) is 0 Å². The Morgan fingerprint density at radius 1 is 0.649 bits per heavy atom. The smallest absolute Gasteiger partial charge is 0.261 e. The van der Waals surface area contributed by atoms with Gasteiger partial charge in [0.1, 0.15) is 10.8 Å². The van der Waals surface area contributed by atoms with E-state index in [4.69, 9.17) is 46.4 Å². The summed E-state index contributed by atoms with van der Waals surface area (Å²) in [7, 11) is 0. The summed E-state index contributed by atoms with van der Waals surface area (Å²) in [6.07, 6.45) is 0. The maximum Gasteiger partial charge on any atom is 0.261 e. The zero-order valence-corrected chi connectivity index (χ0v) is 22.6. The molecule has 0 radical (unpaired) electrons. The van der Waals surface area contributed by atoms with E-state index in [0.29, 0.717) is 48.5 Å². The average Bonchev–Trinajstić information content (AvgIpc) is 3.33. The maximum absolute atomic E-state index is 14.4. The third kappa shape index (κ3) is 3.13. The second kappa shape index (κ2) is 8.30. The summed E-state index contributed by atoms with van der Waals surface area (Å²) in [5.41, 5.74) is 0.110. The van der Waals surface area contributed by atoms with E-state index in [0.717, 1.165) is 0 Å². The monoisotopic (exact) mass is 570 g/mol. The molecule has 0 unspecified atom stereocenters. The predicted octanol–water partition coefficient (Wildman–Crippen LogP) is 7.22. The number of hydrazone groups is 2. The van der Waals surface area contributed by atoms with Crippen LogP contribution in [0.4, 0.5) is 11.4 Å².